The van der Waals surface area contributed by atoms with E-state index in [2.05, 4.69) is 20.9 Å². The number of hydrogen-bond donors (Lipinski definition) is 1. The van der Waals surface area contributed by atoms with Crippen molar-refractivity contribution in [2.24, 2.45) is 0 Å². The van der Waals surface area contributed by atoms with Gasteiger partial charge in [0.15, 0.2) is 0 Å². The summed E-state index contributed by atoms with van der Waals surface area (Å²) < 4.78 is 39.0. The molecule has 1 aromatic heterocycles. The number of alkyl halides is 3. The number of aromatic nitrogens is 1. The highest BCUT2D eigenvalue weighted by Gasteiger charge is 2.30. The van der Waals surface area contributed by atoms with Crippen LogP contribution in [-0.4, -0.2) is 4.98 Å². The summed E-state index contributed by atoms with van der Waals surface area (Å²) in [6.45, 7) is 0. The Balaban J connectivity index is 2.09. The van der Waals surface area contributed by atoms with Gasteiger partial charge in [0.2, 0.25) is 0 Å². The van der Waals surface area contributed by atoms with Gasteiger partial charge in [-0.05, 0) is 42.0 Å². The number of rotatable bonds is 1. The van der Waals surface area contributed by atoms with Crippen LogP contribution in [0.1, 0.15) is 5.56 Å². The Kier molecular flexibility index (Phi) is 3.09. The van der Waals surface area contributed by atoms with E-state index in [0.29, 0.717) is 10.9 Å². The summed E-state index contributed by atoms with van der Waals surface area (Å²) >= 11 is 3.35. The Morgan fingerprint density at radius 3 is 2.25 bits per heavy atom. The number of hydrogen-bond acceptors (Lipinski definition) is 0. The van der Waals surface area contributed by atoms with E-state index in [1.54, 1.807) is 6.07 Å². The van der Waals surface area contributed by atoms with Gasteiger partial charge in [0.25, 0.3) is 0 Å². The second-order valence-corrected chi connectivity index (χ2v) is 5.41. The largest absolute Gasteiger partial charge is 0.416 e. The molecule has 1 heterocycles. The number of aromatic amines is 1. The summed E-state index contributed by atoms with van der Waals surface area (Å²) in [6.07, 6.45) is -4.32. The van der Waals surface area contributed by atoms with Gasteiger partial charge < -0.3 is 4.98 Å². The van der Waals surface area contributed by atoms with Crippen LogP contribution >= 0.6 is 15.9 Å². The lowest BCUT2D eigenvalue weighted by molar-refractivity contribution is -0.137. The van der Waals surface area contributed by atoms with E-state index in [1.807, 2.05) is 24.3 Å². The van der Waals surface area contributed by atoms with Crippen LogP contribution in [0.2, 0.25) is 0 Å². The first-order valence-corrected chi connectivity index (χ1v) is 6.69. The molecule has 0 radical (unpaired) electrons. The highest BCUT2D eigenvalue weighted by Crippen LogP contribution is 2.33. The standard InChI is InChI=1S/C15H9BrF3N/c16-12-4-1-9(2-5-12)14-8-10-7-11(15(17,18)19)3-6-13(10)20-14/h1-8,20H. The van der Waals surface area contributed by atoms with Gasteiger partial charge in [-0.2, -0.15) is 13.2 Å². The lowest BCUT2D eigenvalue weighted by Gasteiger charge is -2.05. The first kappa shape index (κ1) is 13.2. The molecule has 20 heavy (non-hydrogen) atoms. The SMILES string of the molecule is FC(F)(F)c1ccc2[nH]c(-c3ccc(Br)cc3)cc2c1. The van der Waals surface area contributed by atoms with Gasteiger partial charge in [-0.1, -0.05) is 28.1 Å². The zero-order valence-corrected chi connectivity index (χ0v) is 11.7. The molecular weight excluding hydrogens is 331 g/mol. The third kappa shape index (κ3) is 2.45. The highest BCUT2D eigenvalue weighted by molar-refractivity contribution is 9.10. The summed E-state index contributed by atoms with van der Waals surface area (Å²) in [4.78, 5) is 3.13. The van der Waals surface area contributed by atoms with Crippen LogP contribution < -0.4 is 0 Å². The molecule has 102 valence electrons. The lowest BCUT2D eigenvalue weighted by Crippen LogP contribution is -2.03. The predicted molar refractivity (Wildman–Crippen MR) is 76.4 cm³/mol. The van der Waals surface area contributed by atoms with Gasteiger partial charge in [-0.15, -0.1) is 0 Å². The summed E-state index contributed by atoms with van der Waals surface area (Å²) in [6, 6.07) is 13.0. The molecule has 0 bridgehead atoms. The van der Waals surface area contributed by atoms with Crippen LogP contribution in [-0.2, 0) is 6.18 Å². The Labute approximate surface area is 121 Å². The Morgan fingerprint density at radius 1 is 0.900 bits per heavy atom. The molecule has 5 heteroatoms. The Morgan fingerprint density at radius 2 is 1.60 bits per heavy atom. The molecule has 1 N–H and O–H groups in total. The minimum absolute atomic E-state index is 0.553. The fraction of sp³-hybridized carbons (Fsp3) is 0.0667. The van der Waals surface area contributed by atoms with Crippen LogP contribution in [0, 0.1) is 0 Å². The second kappa shape index (κ2) is 4.66. The van der Waals surface area contributed by atoms with Crippen molar-refractivity contribution in [1.82, 2.24) is 4.98 Å². The quantitative estimate of drug-likeness (QED) is 0.592. The molecule has 3 aromatic rings. The maximum Gasteiger partial charge on any atom is 0.416 e. The number of halogens is 4. The summed E-state index contributed by atoms with van der Waals surface area (Å²) in [5.41, 5.74) is 1.78. The van der Waals surface area contributed by atoms with Crippen molar-refractivity contribution in [2.75, 3.05) is 0 Å². The number of fused-ring (bicyclic) bond motifs is 1. The van der Waals surface area contributed by atoms with E-state index in [1.165, 1.54) is 6.07 Å². The first-order valence-electron chi connectivity index (χ1n) is 5.89. The fourth-order valence-corrected chi connectivity index (χ4v) is 2.36. The van der Waals surface area contributed by atoms with E-state index in [9.17, 15) is 13.2 Å². The highest BCUT2D eigenvalue weighted by atomic mass is 79.9. The maximum atomic E-state index is 12.7. The van der Waals surface area contributed by atoms with Crippen molar-refractivity contribution < 1.29 is 13.2 Å². The summed E-state index contributed by atoms with van der Waals surface area (Å²) in [5.74, 6) is 0. The molecule has 0 saturated carbocycles. The molecule has 0 aliphatic rings. The third-order valence-electron chi connectivity index (χ3n) is 3.10. The molecule has 0 fully saturated rings. The smallest absolute Gasteiger partial charge is 0.355 e. The van der Waals surface area contributed by atoms with E-state index in [4.69, 9.17) is 0 Å². The predicted octanol–water partition coefficient (Wildman–Crippen LogP) is 5.62. The molecule has 0 atom stereocenters. The van der Waals surface area contributed by atoms with E-state index in [0.717, 1.165) is 27.9 Å². The lowest BCUT2D eigenvalue weighted by atomic mass is 10.1. The van der Waals surface area contributed by atoms with Gasteiger partial charge in [-0.25, -0.2) is 0 Å². The monoisotopic (exact) mass is 339 g/mol. The van der Waals surface area contributed by atoms with Gasteiger partial charge in [0.05, 0.1) is 5.56 Å². The van der Waals surface area contributed by atoms with Crippen molar-refractivity contribution >= 4 is 26.8 Å². The minimum atomic E-state index is -4.32. The maximum absolute atomic E-state index is 12.7. The van der Waals surface area contributed by atoms with Crippen LogP contribution in [0.4, 0.5) is 13.2 Å². The Bertz CT molecular complexity index is 757. The second-order valence-electron chi connectivity index (χ2n) is 4.49. The van der Waals surface area contributed by atoms with Crippen molar-refractivity contribution in [3.8, 4) is 11.3 Å². The van der Waals surface area contributed by atoms with E-state index in [-0.39, 0.29) is 0 Å². The summed E-state index contributed by atoms with van der Waals surface area (Å²) in [7, 11) is 0. The number of H-pyrrole nitrogens is 1. The number of nitrogens with one attached hydrogen (secondary N) is 1. The zero-order chi connectivity index (χ0) is 14.3. The molecule has 0 aliphatic heterocycles. The van der Waals surface area contributed by atoms with Gasteiger partial charge >= 0.3 is 6.18 Å². The van der Waals surface area contributed by atoms with Crippen molar-refractivity contribution in [2.45, 2.75) is 6.18 Å². The van der Waals surface area contributed by atoms with Crippen LogP contribution in [0.15, 0.2) is 53.0 Å². The average Bonchev–Trinajstić information content (AvgIpc) is 2.81. The van der Waals surface area contributed by atoms with Crippen molar-refractivity contribution in [3.63, 3.8) is 0 Å². The molecule has 0 unspecified atom stereocenters. The van der Waals surface area contributed by atoms with Gasteiger partial charge in [0, 0.05) is 21.1 Å². The van der Waals surface area contributed by atoms with Crippen LogP contribution in [0.5, 0.6) is 0 Å². The van der Waals surface area contributed by atoms with Crippen molar-refractivity contribution in [1.29, 1.82) is 0 Å². The van der Waals surface area contributed by atoms with E-state index < -0.39 is 11.7 Å². The number of benzene rings is 2. The van der Waals surface area contributed by atoms with Gasteiger partial charge in [0.1, 0.15) is 0 Å². The molecule has 0 aliphatic carbocycles. The summed E-state index contributed by atoms with van der Waals surface area (Å²) in [5, 5.41) is 0.553. The normalized spacial score (nSPS) is 12.0. The first-order chi connectivity index (χ1) is 9.43. The fourth-order valence-electron chi connectivity index (χ4n) is 2.09. The molecule has 0 saturated heterocycles. The van der Waals surface area contributed by atoms with Crippen LogP contribution in [0.25, 0.3) is 22.2 Å². The molecular formula is C15H9BrF3N. The zero-order valence-electron chi connectivity index (χ0n) is 10.1. The molecule has 0 amide bonds. The molecule has 3 rings (SSSR count). The molecule has 0 spiro atoms. The minimum Gasteiger partial charge on any atom is -0.355 e. The Hall–Kier alpha value is -1.75. The molecule has 2 aromatic carbocycles. The molecule has 1 nitrogen and oxygen atoms in total. The topological polar surface area (TPSA) is 15.8 Å². The van der Waals surface area contributed by atoms with Crippen LogP contribution in [0.3, 0.4) is 0 Å². The van der Waals surface area contributed by atoms with Gasteiger partial charge in [-0.3, -0.25) is 0 Å². The van der Waals surface area contributed by atoms with Crippen molar-refractivity contribution in [3.05, 3.63) is 58.6 Å². The average molecular weight is 340 g/mol. The van der Waals surface area contributed by atoms with E-state index >= 15 is 0 Å². The third-order valence-corrected chi connectivity index (χ3v) is 3.63.